The molecule has 0 unspecified atom stereocenters. The van der Waals surface area contributed by atoms with E-state index in [0.29, 0.717) is 46.7 Å². The van der Waals surface area contributed by atoms with Crippen LogP contribution < -0.4 is 14.8 Å². The third-order valence-corrected chi connectivity index (χ3v) is 6.17. The van der Waals surface area contributed by atoms with Crippen LogP contribution in [0.15, 0.2) is 42.5 Å². The number of methoxy groups -OCH3 is 2. The minimum atomic E-state index is -0.311. The van der Waals surface area contributed by atoms with Crippen LogP contribution in [0, 0.1) is 12.7 Å². The van der Waals surface area contributed by atoms with Crippen molar-refractivity contribution in [3.63, 3.8) is 0 Å². The molecule has 1 aliphatic heterocycles. The summed E-state index contributed by atoms with van der Waals surface area (Å²) in [6.45, 7) is 6.79. The van der Waals surface area contributed by atoms with E-state index in [9.17, 15) is 4.39 Å². The smallest absolute Gasteiger partial charge is 0.170 e. The molecule has 10 heteroatoms. The van der Waals surface area contributed by atoms with E-state index in [1.165, 1.54) is 12.1 Å². The van der Waals surface area contributed by atoms with Gasteiger partial charge in [-0.25, -0.2) is 19.3 Å². The molecule has 188 valence electrons. The minimum Gasteiger partial charge on any atom is -0.493 e. The molecule has 0 radical (unpaired) electrons. The number of morpholine rings is 1. The summed E-state index contributed by atoms with van der Waals surface area (Å²) in [4.78, 5) is 16.7. The van der Waals surface area contributed by atoms with Crippen molar-refractivity contribution in [1.82, 2.24) is 24.4 Å². The van der Waals surface area contributed by atoms with Gasteiger partial charge in [0.2, 0.25) is 0 Å². The Balaban J connectivity index is 1.60. The number of hydrogen-bond donors (Lipinski definition) is 1. The number of fused-ring (bicyclic) bond motifs is 1. The van der Waals surface area contributed by atoms with E-state index in [1.54, 1.807) is 26.4 Å². The van der Waals surface area contributed by atoms with Crippen LogP contribution in [0.5, 0.6) is 11.5 Å². The summed E-state index contributed by atoms with van der Waals surface area (Å²) in [6, 6.07) is 11.9. The molecule has 9 nitrogen and oxygen atoms in total. The number of anilines is 1. The molecule has 2 aromatic carbocycles. The number of benzene rings is 2. The second-order valence-electron chi connectivity index (χ2n) is 8.49. The third-order valence-electron chi connectivity index (χ3n) is 6.17. The number of nitrogens with one attached hydrogen (secondary N) is 1. The summed E-state index contributed by atoms with van der Waals surface area (Å²) in [6.07, 6.45) is 0. The first kappa shape index (κ1) is 24.0. The maximum atomic E-state index is 13.7. The van der Waals surface area contributed by atoms with E-state index in [2.05, 4.69) is 15.2 Å². The van der Waals surface area contributed by atoms with Crippen molar-refractivity contribution in [3.05, 3.63) is 54.1 Å². The van der Waals surface area contributed by atoms with Gasteiger partial charge in [0.1, 0.15) is 17.5 Å². The molecule has 2 aromatic heterocycles. The minimum absolute atomic E-state index is 0.311. The van der Waals surface area contributed by atoms with E-state index >= 15 is 0 Å². The van der Waals surface area contributed by atoms with Gasteiger partial charge in [0.15, 0.2) is 28.5 Å². The second-order valence-corrected chi connectivity index (χ2v) is 8.49. The Morgan fingerprint density at radius 1 is 0.972 bits per heavy atom. The summed E-state index contributed by atoms with van der Waals surface area (Å²) in [7, 11) is 3.19. The van der Waals surface area contributed by atoms with Crippen LogP contribution >= 0.6 is 0 Å². The Labute approximate surface area is 208 Å². The maximum absolute atomic E-state index is 13.7. The summed E-state index contributed by atoms with van der Waals surface area (Å²) < 4.78 is 32.1. The highest BCUT2D eigenvalue weighted by Gasteiger charge is 2.21. The lowest BCUT2D eigenvalue weighted by atomic mass is 10.2. The van der Waals surface area contributed by atoms with Crippen molar-refractivity contribution >= 4 is 17.0 Å². The highest BCUT2D eigenvalue weighted by molar-refractivity contribution is 5.88. The number of rotatable bonds is 8. The fourth-order valence-corrected chi connectivity index (χ4v) is 4.35. The monoisotopic (exact) mass is 492 g/mol. The van der Waals surface area contributed by atoms with Crippen LogP contribution in [0.3, 0.4) is 0 Å². The lowest BCUT2D eigenvalue weighted by molar-refractivity contribution is 0.0398. The Morgan fingerprint density at radius 3 is 2.44 bits per heavy atom. The lowest BCUT2D eigenvalue weighted by Crippen LogP contribution is -2.39. The lowest BCUT2D eigenvalue weighted by Gasteiger charge is -2.26. The average molecular weight is 493 g/mol. The fraction of sp³-hybridized carbons (Fsp3) is 0.346. The molecule has 0 saturated carbocycles. The summed E-state index contributed by atoms with van der Waals surface area (Å²) in [5.74, 6) is 2.78. The number of halogens is 1. The third kappa shape index (κ3) is 4.82. The van der Waals surface area contributed by atoms with E-state index in [1.807, 2.05) is 29.7 Å². The molecular formula is C26H29FN6O3. The van der Waals surface area contributed by atoms with E-state index in [-0.39, 0.29) is 5.82 Å². The van der Waals surface area contributed by atoms with E-state index in [4.69, 9.17) is 24.2 Å². The molecule has 0 aliphatic carbocycles. The van der Waals surface area contributed by atoms with Gasteiger partial charge in [0.05, 0.1) is 33.1 Å². The Bertz CT molecular complexity index is 1350. The van der Waals surface area contributed by atoms with Gasteiger partial charge >= 0.3 is 0 Å². The molecule has 1 aliphatic rings. The molecule has 5 rings (SSSR count). The zero-order chi connectivity index (χ0) is 25.1. The van der Waals surface area contributed by atoms with Gasteiger partial charge < -0.3 is 19.5 Å². The number of aromatic nitrogens is 4. The van der Waals surface area contributed by atoms with Crippen LogP contribution in [0.25, 0.3) is 28.2 Å². The van der Waals surface area contributed by atoms with Gasteiger partial charge in [0, 0.05) is 37.8 Å². The predicted molar refractivity (Wildman–Crippen MR) is 136 cm³/mol. The number of imidazole rings is 1. The van der Waals surface area contributed by atoms with Crippen molar-refractivity contribution in [2.24, 2.45) is 0 Å². The van der Waals surface area contributed by atoms with Crippen LogP contribution in [-0.4, -0.2) is 78.0 Å². The zero-order valence-corrected chi connectivity index (χ0v) is 20.6. The SMILES string of the molecule is COc1ccc(-n2c(-c3ccc(F)cc3)nc3c(NCCN4CCOCC4)nc(C)nc32)cc1OC. The average Bonchev–Trinajstić information content (AvgIpc) is 3.28. The second kappa shape index (κ2) is 10.5. The highest BCUT2D eigenvalue weighted by Crippen LogP contribution is 2.35. The molecule has 36 heavy (non-hydrogen) atoms. The normalized spacial score (nSPS) is 14.2. The number of nitrogens with zero attached hydrogens (tertiary/aromatic N) is 5. The molecule has 0 bridgehead atoms. The Morgan fingerprint density at radius 2 is 1.72 bits per heavy atom. The van der Waals surface area contributed by atoms with Crippen molar-refractivity contribution in [2.45, 2.75) is 6.92 Å². The summed E-state index contributed by atoms with van der Waals surface area (Å²) in [5.41, 5.74) is 2.81. The maximum Gasteiger partial charge on any atom is 0.170 e. The fourth-order valence-electron chi connectivity index (χ4n) is 4.35. The van der Waals surface area contributed by atoms with Gasteiger partial charge in [-0.3, -0.25) is 9.47 Å². The number of aryl methyl sites for hydroxylation is 1. The Hall–Kier alpha value is -3.76. The molecular weight excluding hydrogens is 463 g/mol. The number of ether oxygens (including phenoxy) is 3. The quantitative estimate of drug-likeness (QED) is 0.399. The van der Waals surface area contributed by atoms with Gasteiger partial charge in [-0.15, -0.1) is 0 Å². The molecule has 1 saturated heterocycles. The standard InChI is InChI=1S/C26H29FN6O3/c1-17-29-24(28-10-11-32-12-14-36-15-13-32)23-26(30-17)33(20-8-9-21(34-2)22(16-20)35-3)25(31-23)18-4-6-19(27)7-5-18/h4-9,16H,10-15H2,1-3H3,(H,28,29,30). The van der Waals surface area contributed by atoms with Crippen molar-refractivity contribution in [1.29, 1.82) is 0 Å². The molecule has 0 spiro atoms. The summed E-state index contributed by atoms with van der Waals surface area (Å²) in [5, 5.41) is 3.46. The van der Waals surface area contributed by atoms with E-state index in [0.717, 1.165) is 44.1 Å². The van der Waals surface area contributed by atoms with Gasteiger partial charge in [-0.2, -0.15) is 0 Å². The first-order chi connectivity index (χ1) is 17.6. The number of hydrogen-bond acceptors (Lipinski definition) is 8. The van der Waals surface area contributed by atoms with Crippen LogP contribution in [-0.2, 0) is 4.74 Å². The molecule has 0 amide bonds. The summed E-state index contributed by atoms with van der Waals surface area (Å²) >= 11 is 0. The van der Waals surface area contributed by atoms with Crippen molar-refractivity contribution < 1.29 is 18.6 Å². The van der Waals surface area contributed by atoms with Crippen LogP contribution in [0.4, 0.5) is 10.2 Å². The zero-order valence-electron chi connectivity index (χ0n) is 20.6. The van der Waals surface area contributed by atoms with Gasteiger partial charge in [-0.1, -0.05) is 0 Å². The van der Waals surface area contributed by atoms with Crippen LogP contribution in [0.2, 0.25) is 0 Å². The van der Waals surface area contributed by atoms with Crippen LogP contribution in [0.1, 0.15) is 5.82 Å². The van der Waals surface area contributed by atoms with E-state index < -0.39 is 0 Å². The predicted octanol–water partition coefficient (Wildman–Crippen LogP) is 3.69. The molecule has 1 N–H and O–H groups in total. The molecule has 4 aromatic rings. The van der Waals surface area contributed by atoms with Gasteiger partial charge in [0.25, 0.3) is 0 Å². The van der Waals surface area contributed by atoms with Crippen molar-refractivity contribution in [2.75, 3.05) is 58.9 Å². The molecule has 3 heterocycles. The van der Waals surface area contributed by atoms with Gasteiger partial charge in [-0.05, 0) is 43.3 Å². The first-order valence-electron chi connectivity index (χ1n) is 11.9. The van der Waals surface area contributed by atoms with Crippen molar-refractivity contribution in [3.8, 4) is 28.6 Å². The molecule has 1 fully saturated rings. The molecule has 0 atom stereocenters. The largest absolute Gasteiger partial charge is 0.493 e. The Kier molecular flexibility index (Phi) is 6.97. The first-order valence-corrected chi connectivity index (χ1v) is 11.9. The topological polar surface area (TPSA) is 86.6 Å². The highest BCUT2D eigenvalue weighted by atomic mass is 19.1.